The average Bonchev–Trinajstić information content (AvgIpc) is 2.37. The number of fused-ring (bicyclic) bond motifs is 1. The van der Waals surface area contributed by atoms with Gasteiger partial charge in [-0.1, -0.05) is 0 Å². The van der Waals surface area contributed by atoms with Crippen LogP contribution in [-0.2, 0) is 4.79 Å². The third-order valence-corrected chi connectivity index (χ3v) is 2.89. The van der Waals surface area contributed by atoms with Crippen molar-refractivity contribution in [3.8, 4) is 5.75 Å². The van der Waals surface area contributed by atoms with Crippen LogP contribution in [0.2, 0.25) is 0 Å². The zero-order valence-corrected chi connectivity index (χ0v) is 11.6. The average molecular weight is 275 g/mol. The summed E-state index contributed by atoms with van der Waals surface area (Å²) in [7, 11) is 0. The summed E-state index contributed by atoms with van der Waals surface area (Å²) in [5, 5.41) is 3.60. The van der Waals surface area contributed by atoms with Gasteiger partial charge in [-0.05, 0) is 31.0 Å². The summed E-state index contributed by atoms with van der Waals surface area (Å²) in [5.41, 5.74) is 1.04. The second-order valence-corrected chi connectivity index (χ2v) is 4.59. The summed E-state index contributed by atoms with van der Waals surface area (Å²) >= 11 is 0. The highest BCUT2D eigenvalue weighted by Crippen LogP contribution is 2.22. The quantitative estimate of drug-likeness (QED) is 0.669. The van der Waals surface area contributed by atoms with E-state index in [1.807, 2.05) is 19.1 Å². The van der Waals surface area contributed by atoms with Gasteiger partial charge in [0.1, 0.15) is 11.3 Å². The molecule has 2 aromatic rings. The Morgan fingerprint density at radius 3 is 2.90 bits per heavy atom. The highest BCUT2D eigenvalue weighted by molar-refractivity contribution is 5.81. The molecule has 0 aliphatic rings. The van der Waals surface area contributed by atoms with Crippen molar-refractivity contribution in [3.63, 3.8) is 0 Å². The van der Waals surface area contributed by atoms with Gasteiger partial charge < -0.3 is 14.5 Å². The van der Waals surface area contributed by atoms with E-state index >= 15 is 0 Å². The van der Waals surface area contributed by atoms with E-state index in [1.165, 1.54) is 13.0 Å². The zero-order chi connectivity index (χ0) is 14.5. The van der Waals surface area contributed by atoms with Crippen molar-refractivity contribution in [2.24, 2.45) is 0 Å². The van der Waals surface area contributed by atoms with Crippen LogP contribution in [0.5, 0.6) is 5.75 Å². The van der Waals surface area contributed by atoms with Gasteiger partial charge in [-0.15, -0.1) is 0 Å². The van der Waals surface area contributed by atoms with Crippen LogP contribution in [0.15, 0.2) is 33.5 Å². The van der Waals surface area contributed by atoms with E-state index in [4.69, 9.17) is 9.15 Å². The van der Waals surface area contributed by atoms with E-state index in [1.54, 1.807) is 6.07 Å². The molecule has 1 aromatic carbocycles. The smallest absolute Gasteiger partial charge is 0.336 e. The molecule has 5 heteroatoms. The summed E-state index contributed by atoms with van der Waals surface area (Å²) in [4.78, 5) is 22.0. The molecule has 0 spiro atoms. The van der Waals surface area contributed by atoms with Crippen molar-refractivity contribution in [2.45, 2.75) is 20.3 Å². The van der Waals surface area contributed by atoms with E-state index < -0.39 is 0 Å². The summed E-state index contributed by atoms with van der Waals surface area (Å²) in [6, 6.07) is 6.89. The van der Waals surface area contributed by atoms with Crippen molar-refractivity contribution < 1.29 is 13.9 Å². The van der Waals surface area contributed by atoms with Crippen LogP contribution in [0.25, 0.3) is 11.0 Å². The normalized spacial score (nSPS) is 10.5. The minimum Gasteiger partial charge on any atom is -0.493 e. The first-order chi connectivity index (χ1) is 9.56. The number of nitrogens with one attached hydrogen (secondary N) is 1. The molecule has 1 heterocycles. The van der Waals surface area contributed by atoms with Crippen LogP contribution in [0.4, 0.5) is 0 Å². The van der Waals surface area contributed by atoms with Crippen molar-refractivity contribution >= 4 is 16.9 Å². The summed E-state index contributed by atoms with van der Waals surface area (Å²) in [6.07, 6.45) is 0.718. The molecule has 1 aromatic heterocycles. The third-order valence-electron chi connectivity index (χ3n) is 2.89. The van der Waals surface area contributed by atoms with Gasteiger partial charge in [0.05, 0.1) is 6.61 Å². The molecule has 2 rings (SSSR count). The molecule has 0 aliphatic carbocycles. The van der Waals surface area contributed by atoms with Crippen molar-refractivity contribution in [2.75, 3.05) is 13.2 Å². The molecule has 0 fully saturated rings. The lowest BCUT2D eigenvalue weighted by atomic mass is 10.1. The molecule has 20 heavy (non-hydrogen) atoms. The van der Waals surface area contributed by atoms with Crippen LogP contribution in [0.1, 0.15) is 18.9 Å². The highest BCUT2D eigenvalue weighted by Gasteiger charge is 2.04. The maximum absolute atomic E-state index is 11.3. The van der Waals surface area contributed by atoms with Crippen molar-refractivity contribution in [3.05, 3.63) is 40.2 Å². The number of rotatable bonds is 5. The van der Waals surface area contributed by atoms with Gasteiger partial charge in [-0.2, -0.15) is 0 Å². The molecule has 0 saturated carbocycles. The number of hydrogen-bond acceptors (Lipinski definition) is 4. The molecule has 5 nitrogen and oxygen atoms in total. The lowest BCUT2D eigenvalue weighted by Gasteiger charge is -2.07. The Morgan fingerprint density at radius 1 is 1.35 bits per heavy atom. The molecule has 0 saturated heterocycles. The lowest BCUT2D eigenvalue weighted by Crippen LogP contribution is -2.22. The van der Waals surface area contributed by atoms with Gasteiger partial charge in [-0.3, -0.25) is 4.79 Å². The molecule has 0 radical (unpaired) electrons. The Bertz CT molecular complexity index is 675. The van der Waals surface area contributed by atoms with E-state index in [0.29, 0.717) is 24.5 Å². The summed E-state index contributed by atoms with van der Waals surface area (Å²) in [5.74, 6) is 0.599. The number of aryl methyl sites for hydroxylation is 1. The van der Waals surface area contributed by atoms with Crippen molar-refractivity contribution in [1.29, 1.82) is 0 Å². The molecule has 1 N–H and O–H groups in total. The SMILES string of the molecule is CC(=O)NCCCOc1ccc2c(C)cc(=O)oc2c1. The van der Waals surface area contributed by atoms with E-state index in [0.717, 1.165) is 17.4 Å². The monoisotopic (exact) mass is 275 g/mol. The minimum absolute atomic E-state index is 0.0482. The Balaban J connectivity index is 2.01. The summed E-state index contributed by atoms with van der Waals surface area (Å²) in [6.45, 7) is 4.42. The van der Waals surface area contributed by atoms with Crippen LogP contribution in [0.3, 0.4) is 0 Å². The molecular formula is C15H17NO4. The highest BCUT2D eigenvalue weighted by atomic mass is 16.5. The van der Waals surface area contributed by atoms with Gasteiger partial charge >= 0.3 is 5.63 Å². The summed E-state index contributed by atoms with van der Waals surface area (Å²) < 4.78 is 10.7. The number of benzene rings is 1. The fraction of sp³-hybridized carbons (Fsp3) is 0.333. The first kappa shape index (κ1) is 14.1. The van der Waals surface area contributed by atoms with E-state index in [9.17, 15) is 9.59 Å². The van der Waals surface area contributed by atoms with E-state index in [2.05, 4.69) is 5.32 Å². The molecule has 1 amide bonds. The molecule has 0 atom stereocenters. The number of carbonyl (C=O) groups excluding carboxylic acids is 1. The second-order valence-electron chi connectivity index (χ2n) is 4.59. The molecule has 0 aliphatic heterocycles. The van der Waals surface area contributed by atoms with Crippen LogP contribution in [0, 0.1) is 6.92 Å². The fourth-order valence-corrected chi connectivity index (χ4v) is 1.92. The minimum atomic E-state index is -0.363. The maximum Gasteiger partial charge on any atom is 0.336 e. The zero-order valence-electron chi connectivity index (χ0n) is 11.6. The van der Waals surface area contributed by atoms with Crippen LogP contribution in [-0.4, -0.2) is 19.1 Å². The molecule has 106 valence electrons. The van der Waals surface area contributed by atoms with Crippen LogP contribution >= 0.6 is 0 Å². The lowest BCUT2D eigenvalue weighted by molar-refractivity contribution is -0.118. The Kier molecular flexibility index (Phi) is 4.40. The number of carbonyl (C=O) groups is 1. The molecular weight excluding hydrogens is 258 g/mol. The van der Waals surface area contributed by atoms with Crippen LogP contribution < -0.4 is 15.7 Å². The van der Waals surface area contributed by atoms with Gasteiger partial charge in [0.15, 0.2) is 0 Å². The first-order valence-corrected chi connectivity index (χ1v) is 6.48. The molecule has 0 bridgehead atoms. The second kappa shape index (κ2) is 6.23. The van der Waals surface area contributed by atoms with E-state index in [-0.39, 0.29) is 11.5 Å². The standard InChI is InChI=1S/C15H17NO4/c1-10-8-15(18)20-14-9-12(4-5-13(10)14)19-7-3-6-16-11(2)17/h4-5,8-9H,3,6-7H2,1-2H3,(H,16,17). The number of hydrogen-bond donors (Lipinski definition) is 1. The van der Waals surface area contributed by atoms with Gasteiger partial charge in [-0.25, -0.2) is 4.79 Å². The Morgan fingerprint density at radius 2 is 2.15 bits per heavy atom. The number of ether oxygens (including phenoxy) is 1. The molecule has 0 unspecified atom stereocenters. The Hall–Kier alpha value is -2.30. The Labute approximate surface area is 116 Å². The third kappa shape index (κ3) is 3.60. The topological polar surface area (TPSA) is 68.5 Å². The largest absolute Gasteiger partial charge is 0.493 e. The predicted octanol–water partition coefficient (Wildman–Crippen LogP) is 2.01. The first-order valence-electron chi connectivity index (χ1n) is 6.48. The fourth-order valence-electron chi connectivity index (χ4n) is 1.92. The van der Waals surface area contributed by atoms with Gasteiger partial charge in [0, 0.05) is 31.0 Å². The van der Waals surface area contributed by atoms with Crippen molar-refractivity contribution in [1.82, 2.24) is 5.32 Å². The maximum atomic E-state index is 11.3. The van der Waals surface area contributed by atoms with Gasteiger partial charge in [0.2, 0.25) is 5.91 Å². The van der Waals surface area contributed by atoms with Gasteiger partial charge in [0.25, 0.3) is 0 Å². The predicted molar refractivity (Wildman–Crippen MR) is 76.0 cm³/mol. The number of amides is 1.